The Morgan fingerprint density at radius 2 is 0.828 bits per heavy atom. The second-order valence-corrected chi connectivity index (χ2v) is 24.5. The number of pyridine rings is 3. The summed E-state index contributed by atoms with van der Waals surface area (Å²) in [7, 11) is 0. The number of benzene rings is 9. The zero-order valence-corrected chi connectivity index (χ0v) is 50.2. The summed E-state index contributed by atoms with van der Waals surface area (Å²) >= 11 is 0. The lowest BCUT2D eigenvalue weighted by Crippen LogP contribution is -2.11. The molecule has 1 unspecified atom stereocenters. The lowest BCUT2D eigenvalue weighted by atomic mass is 9.96. The van der Waals surface area contributed by atoms with Crippen molar-refractivity contribution in [2.45, 2.75) is 12.5 Å². The van der Waals surface area contributed by atoms with Crippen LogP contribution in [0.2, 0.25) is 0 Å². The summed E-state index contributed by atoms with van der Waals surface area (Å²) in [6.45, 7) is 0. The van der Waals surface area contributed by atoms with Crippen molar-refractivity contribution in [3.63, 3.8) is 0 Å². The smallest absolute Gasteiger partial charge is 0.130 e. The molecule has 436 valence electrons. The maximum absolute atomic E-state index is 5.42. The van der Waals surface area contributed by atoms with Gasteiger partial charge in [0.2, 0.25) is 0 Å². The van der Waals surface area contributed by atoms with Gasteiger partial charge < -0.3 is 22.8 Å². The highest BCUT2D eigenvalue weighted by Gasteiger charge is 2.26. The summed E-state index contributed by atoms with van der Waals surface area (Å²) in [5.74, 6) is 0. The molecule has 0 saturated heterocycles. The Bertz CT molecular complexity index is 6090. The molecule has 0 fully saturated rings. The molecule has 1 aliphatic carbocycles. The summed E-state index contributed by atoms with van der Waals surface area (Å²) < 4.78 is 16.8. The summed E-state index contributed by atoms with van der Waals surface area (Å²) in [4.78, 5) is 15.0. The number of aromatic nitrogens is 10. The topological polar surface area (TPSA) is 73.2 Å². The van der Waals surface area contributed by atoms with E-state index in [-0.39, 0.29) is 6.04 Å². The number of rotatable bonds is 9. The molecule has 93 heavy (non-hydrogen) atoms. The minimum atomic E-state index is 0.0326. The van der Waals surface area contributed by atoms with E-state index in [0.29, 0.717) is 0 Å². The Hall–Kier alpha value is -12.5. The molecular formula is C83H54N10. The number of nitrogens with zero attached hydrogens (tertiary/aromatic N) is 10. The van der Waals surface area contributed by atoms with Crippen LogP contribution in [0.3, 0.4) is 0 Å². The van der Waals surface area contributed by atoms with Gasteiger partial charge in [-0.2, -0.15) is 0 Å². The highest BCUT2D eigenvalue weighted by Crippen LogP contribution is 2.43. The van der Waals surface area contributed by atoms with Crippen molar-refractivity contribution in [3.8, 4) is 45.3 Å². The lowest BCUT2D eigenvalue weighted by molar-refractivity contribution is 0.628. The molecule has 0 amide bonds. The number of para-hydroxylation sites is 6. The molecule has 9 aromatic carbocycles. The van der Waals surface area contributed by atoms with Gasteiger partial charge in [0, 0.05) is 96.5 Å². The first kappa shape index (κ1) is 51.4. The fraction of sp³-hybridized carbons (Fsp3) is 0.0241. The van der Waals surface area contributed by atoms with E-state index in [9.17, 15) is 0 Å². The first-order valence-electron chi connectivity index (χ1n) is 31.7. The van der Waals surface area contributed by atoms with Crippen molar-refractivity contribution < 1.29 is 0 Å². The van der Waals surface area contributed by atoms with E-state index in [2.05, 4.69) is 322 Å². The van der Waals surface area contributed by atoms with Crippen LogP contribution >= 0.6 is 0 Å². The van der Waals surface area contributed by atoms with E-state index in [4.69, 9.17) is 9.97 Å². The number of hydrogen-bond acceptors (Lipinski definition) is 3. The highest BCUT2D eigenvalue weighted by atomic mass is 15.2. The third-order valence-corrected chi connectivity index (χ3v) is 19.5. The Kier molecular flexibility index (Phi) is 11.0. The van der Waals surface area contributed by atoms with Crippen LogP contribution in [0.1, 0.15) is 18.2 Å². The number of allylic oxidation sites excluding steroid dienone is 4. The Morgan fingerprint density at radius 1 is 0.323 bits per heavy atom. The molecule has 1 atom stereocenters. The van der Waals surface area contributed by atoms with Crippen LogP contribution < -0.4 is 0 Å². The predicted octanol–water partition coefficient (Wildman–Crippen LogP) is 20.2. The van der Waals surface area contributed by atoms with E-state index in [1.54, 1.807) is 0 Å². The van der Waals surface area contributed by atoms with Crippen molar-refractivity contribution >= 4 is 115 Å². The minimum Gasteiger partial charge on any atom is -0.326 e. The molecule has 0 N–H and O–H groups in total. The van der Waals surface area contributed by atoms with Gasteiger partial charge in [-0.1, -0.05) is 152 Å². The summed E-state index contributed by atoms with van der Waals surface area (Å²) in [5.41, 5.74) is 23.1. The van der Waals surface area contributed by atoms with Gasteiger partial charge in [0.1, 0.15) is 11.3 Å². The van der Waals surface area contributed by atoms with Crippen LogP contribution in [0.4, 0.5) is 0 Å². The largest absolute Gasteiger partial charge is 0.326 e. The molecule has 20 rings (SSSR count). The molecule has 10 heterocycles. The first-order chi connectivity index (χ1) is 46.1. The number of fused-ring (bicyclic) bond motifs is 15. The van der Waals surface area contributed by atoms with Crippen LogP contribution in [-0.4, -0.2) is 46.9 Å². The molecule has 19 aromatic rings. The van der Waals surface area contributed by atoms with Crippen LogP contribution in [0, 0.1) is 0 Å². The fourth-order valence-electron chi connectivity index (χ4n) is 15.4. The van der Waals surface area contributed by atoms with Crippen LogP contribution in [0.5, 0.6) is 0 Å². The molecule has 0 aliphatic heterocycles. The maximum Gasteiger partial charge on any atom is 0.130 e. The quantitative estimate of drug-likeness (QED) is 0.145. The average molecular weight is 1190 g/mol. The molecule has 0 saturated carbocycles. The standard InChI is InChI=1S/C83H54N10/c1-2-17-56(18-3-1)87-44-40-67-63-20-4-11-27-75(63)92(82(67)87)57-35-31-53(32-36-57)54-33-37-58(38-34-54)93-76-28-12-5-21-64(76)68-41-45-88(83(68)93)59-19-14-16-55(46-59)72-50-70-65-22-6-9-25-73(65)91(80(70)52-86-72)62-48-60(89-74-26-10-7-23-66(74)71-51-84-43-39-78(71)89)47-61(49-62)90-77-29-13-8-24-69(77)81-79(90)30-15-42-85-81/h1-45,47-52,59H,46H2. The maximum atomic E-state index is 5.42. The van der Waals surface area contributed by atoms with Gasteiger partial charge in [0.05, 0.1) is 84.6 Å². The van der Waals surface area contributed by atoms with E-state index >= 15 is 0 Å². The van der Waals surface area contributed by atoms with Gasteiger partial charge in [-0.15, -0.1) is 0 Å². The van der Waals surface area contributed by atoms with Crippen LogP contribution in [0.15, 0.2) is 310 Å². The zero-order valence-electron chi connectivity index (χ0n) is 50.2. The van der Waals surface area contributed by atoms with Crippen molar-refractivity contribution in [2.24, 2.45) is 0 Å². The lowest BCUT2D eigenvalue weighted by Gasteiger charge is -2.22. The summed E-state index contributed by atoms with van der Waals surface area (Å²) in [6, 6.07) is 92.5. The monoisotopic (exact) mass is 1190 g/mol. The van der Waals surface area contributed by atoms with E-state index in [1.165, 1.54) is 38.2 Å². The fourth-order valence-corrected chi connectivity index (χ4v) is 15.4. The second-order valence-electron chi connectivity index (χ2n) is 24.5. The van der Waals surface area contributed by atoms with Gasteiger partial charge in [-0.05, 0) is 144 Å². The molecule has 0 bridgehead atoms. The van der Waals surface area contributed by atoms with Gasteiger partial charge in [0.25, 0.3) is 0 Å². The van der Waals surface area contributed by atoms with E-state index in [1.807, 2.05) is 24.7 Å². The minimum absolute atomic E-state index is 0.0326. The molecule has 10 heteroatoms. The van der Waals surface area contributed by atoms with Gasteiger partial charge in [0.15, 0.2) is 0 Å². The first-order valence-corrected chi connectivity index (χ1v) is 31.7. The Balaban J connectivity index is 0.663. The second kappa shape index (κ2) is 20.0. The summed E-state index contributed by atoms with van der Waals surface area (Å²) in [6.07, 6.45) is 19.9. The van der Waals surface area contributed by atoms with Gasteiger partial charge in [-0.3, -0.25) is 24.1 Å². The van der Waals surface area contributed by atoms with Crippen molar-refractivity contribution in [3.05, 3.63) is 316 Å². The van der Waals surface area contributed by atoms with E-state index < -0.39 is 0 Å². The number of hydrogen-bond donors (Lipinski definition) is 0. The average Bonchev–Trinajstić information content (AvgIpc) is 1.64. The Morgan fingerprint density at radius 3 is 1.48 bits per heavy atom. The third kappa shape index (κ3) is 7.66. The van der Waals surface area contributed by atoms with Crippen molar-refractivity contribution in [1.82, 2.24) is 46.9 Å². The van der Waals surface area contributed by atoms with Crippen molar-refractivity contribution in [2.75, 3.05) is 0 Å². The molecule has 1 aliphatic rings. The van der Waals surface area contributed by atoms with Gasteiger partial charge >= 0.3 is 0 Å². The van der Waals surface area contributed by atoms with Gasteiger partial charge in [-0.25, -0.2) is 0 Å². The highest BCUT2D eigenvalue weighted by molar-refractivity contribution is 6.13. The normalized spacial score (nSPS) is 13.7. The predicted molar refractivity (Wildman–Crippen MR) is 381 cm³/mol. The SMILES string of the molecule is C1=CC(n2ccc3c4ccccc4n(-c4ccc(-c5ccc(-n6c7ccccc7c7ccn(-c8ccccc8)c76)cc5)cc4)c32)CC(c2cc3c4ccccc4n(-c4cc(-n5c6ccccc6c6cnccc65)cc(-n5c6ccccc6c6ncccc65)c4)c3cn2)=C1. The molecule has 10 aromatic heterocycles. The molecule has 0 spiro atoms. The third-order valence-electron chi connectivity index (χ3n) is 19.5. The zero-order chi connectivity index (χ0) is 60.8. The van der Waals surface area contributed by atoms with Crippen LogP contribution in [0.25, 0.3) is 160 Å². The molecule has 10 nitrogen and oxygen atoms in total. The molecule has 0 radical (unpaired) electrons. The van der Waals surface area contributed by atoms with E-state index in [0.717, 1.165) is 134 Å². The molecular weight excluding hydrogens is 1140 g/mol. The summed E-state index contributed by atoms with van der Waals surface area (Å²) in [5, 5.41) is 10.6. The van der Waals surface area contributed by atoms with Crippen molar-refractivity contribution in [1.29, 1.82) is 0 Å². The van der Waals surface area contributed by atoms with Crippen LogP contribution in [-0.2, 0) is 0 Å². The Labute approximate surface area is 532 Å².